The first kappa shape index (κ1) is 19.7. The standard InChI is InChI=1S/C17H18Cl2N2O3S/c1-3-6-17(2,16(23)24)21-14(22)8-11-9-25-15(20-11)12-5-4-10(18)7-13(12)19/h4-5,7,9H,3,6,8H2,1-2H3,(H,21,22)(H,23,24). The fourth-order valence-corrected chi connectivity index (χ4v) is 3.83. The zero-order chi connectivity index (χ0) is 18.6. The van der Waals surface area contributed by atoms with Crippen LogP contribution in [0.15, 0.2) is 23.6 Å². The minimum absolute atomic E-state index is 0.00823. The number of amides is 1. The highest BCUT2D eigenvalue weighted by Gasteiger charge is 2.33. The summed E-state index contributed by atoms with van der Waals surface area (Å²) >= 11 is 13.4. The lowest BCUT2D eigenvalue weighted by Crippen LogP contribution is -2.52. The monoisotopic (exact) mass is 400 g/mol. The zero-order valence-electron chi connectivity index (χ0n) is 13.8. The maximum Gasteiger partial charge on any atom is 0.329 e. The van der Waals surface area contributed by atoms with Crippen LogP contribution in [0.1, 0.15) is 32.4 Å². The van der Waals surface area contributed by atoms with Crippen molar-refractivity contribution in [3.63, 3.8) is 0 Å². The number of aliphatic carboxylic acids is 1. The normalized spacial score (nSPS) is 13.3. The quantitative estimate of drug-likeness (QED) is 0.720. The summed E-state index contributed by atoms with van der Waals surface area (Å²) in [7, 11) is 0. The zero-order valence-corrected chi connectivity index (χ0v) is 16.1. The van der Waals surface area contributed by atoms with Crippen LogP contribution < -0.4 is 5.32 Å². The molecule has 0 spiro atoms. The molecule has 1 unspecified atom stereocenters. The summed E-state index contributed by atoms with van der Waals surface area (Å²) in [5.41, 5.74) is 0.0290. The van der Waals surface area contributed by atoms with Crippen LogP contribution in [0.5, 0.6) is 0 Å². The molecule has 1 heterocycles. The van der Waals surface area contributed by atoms with E-state index in [2.05, 4.69) is 10.3 Å². The molecule has 5 nitrogen and oxygen atoms in total. The first-order valence-corrected chi connectivity index (χ1v) is 9.33. The first-order chi connectivity index (χ1) is 11.7. The second-order valence-corrected chi connectivity index (χ2v) is 7.58. The highest BCUT2D eigenvalue weighted by Crippen LogP contribution is 2.32. The Hall–Kier alpha value is -1.63. The van der Waals surface area contributed by atoms with Crippen LogP contribution >= 0.6 is 34.5 Å². The minimum Gasteiger partial charge on any atom is -0.480 e. The number of aromatic nitrogens is 1. The number of hydrogen-bond acceptors (Lipinski definition) is 4. The van der Waals surface area contributed by atoms with E-state index in [-0.39, 0.29) is 12.3 Å². The Morgan fingerprint density at radius 1 is 1.36 bits per heavy atom. The molecule has 134 valence electrons. The molecule has 0 saturated heterocycles. The fraction of sp³-hybridized carbons (Fsp3) is 0.353. The number of halogens is 2. The molecule has 1 aromatic heterocycles. The van der Waals surface area contributed by atoms with Crippen molar-refractivity contribution in [1.29, 1.82) is 0 Å². The van der Waals surface area contributed by atoms with Crippen LogP contribution in [0.2, 0.25) is 10.0 Å². The van der Waals surface area contributed by atoms with Crippen molar-refractivity contribution in [2.45, 2.75) is 38.6 Å². The van der Waals surface area contributed by atoms with E-state index >= 15 is 0 Å². The van der Waals surface area contributed by atoms with Gasteiger partial charge in [-0.2, -0.15) is 0 Å². The Kier molecular flexibility index (Phi) is 6.43. The summed E-state index contributed by atoms with van der Waals surface area (Å²) in [4.78, 5) is 28.0. The van der Waals surface area contributed by atoms with Crippen molar-refractivity contribution in [3.8, 4) is 10.6 Å². The maximum atomic E-state index is 12.2. The summed E-state index contributed by atoms with van der Waals surface area (Å²) in [6, 6.07) is 5.13. The second kappa shape index (κ2) is 8.17. The van der Waals surface area contributed by atoms with Gasteiger partial charge in [0, 0.05) is 16.0 Å². The summed E-state index contributed by atoms with van der Waals surface area (Å²) in [5, 5.41) is 15.4. The van der Waals surface area contributed by atoms with Crippen molar-refractivity contribution in [2.24, 2.45) is 0 Å². The van der Waals surface area contributed by atoms with Gasteiger partial charge in [-0.05, 0) is 31.5 Å². The number of carboxylic acid groups (broad SMARTS) is 1. The highest BCUT2D eigenvalue weighted by molar-refractivity contribution is 7.13. The van der Waals surface area contributed by atoms with Crippen LogP contribution in [0, 0.1) is 0 Å². The first-order valence-electron chi connectivity index (χ1n) is 7.69. The molecule has 0 bridgehead atoms. The van der Waals surface area contributed by atoms with Gasteiger partial charge in [-0.15, -0.1) is 11.3 Å². The topological polar surface area (TPSA) is 79.3 Å². The SMILES string of the molecule is CCCC(C)(NC(=O)Cc1csc(-c2ccc(Cl)cc2Cl)n1)C(=O)O. The van der Waals surface area contributed by atoms with Gasteiger partial charge in [0.2, 0.25) is 5.91 Å². The lowest BCUT2D eigenvalue weighted by atomic mass is 9.96. The Bertz CT molecular complexity index is 794. The van der Waals surface area contributed by atoms with Crippen LogP contribution in [0.4, 0.5) is 0 Å². The number of rotatable bonds is 7. The summed E-state index contributed by atoms with van der Waals surface area (Å²) in [6.07, 6.45) is 1.02. The van der Waals surface area contributed by atoms with Gasteiger partial charge in [-0.1, -0.05) is 36.5 Å². The molecule has 0 saturated carbocycles. The minimum atomic E-state index is -1.27. The van der Waals surface area contributed by atoms with Crippen molar-refractivity contribution >= 4 is 46.4 Å². The Labute approximate surface area is 160 Å². The second-order valence-electron chi connectivity index (χ2n) is 5.88. The Morgan fingerprint density at radius 2 is 2.08 bits per heavy atom. The number of benzene rings is 1. The molecule has 2 aromatic rings. The number of carboxylic acids is 1. The van der Waals surface area contributed by atoms with Gasteiger partial charge >= 0.3 is 5.97 Å². The summed E-state index contributed by atoms with van der Waals surface area (Å²) in [6.45, 7) is 3.38. The van der Waals surface area contributed by atoms with Gasteiger partial charge in [0.25, 0.3) is 0 Å². The average molecular weight is 401 g/mol. The van der Waals surface area contributed by atoms with E-state index in [1.165, 1.54) is 18.3 Å². The third kappa shape index (κ3) is 4.93. The molecule has 1 aromatic carbocycles. The van der Waals surface area contributed by atoms with Crippen LogP contribution in [0.25, 0.3) is 10.6 Å². The van der Waals surface area contributed by atoms with Gasteiger partial charge in [0.15, 0.2) is 0 Å². The van der Waals surface area contributed by atoms with E-state index in [9.17, 15) is 14.7 Å². The summed E-state index contributed by atoms with van der Waals surface area (Å²) < 4.78 is 0. The predicted octanol–water partition coefficient (Wildman–Crippen LogP) is 4.42. The molecule has 0 aliphatic rings. The lowest BCUT2D eigenvalue weighted by Gasteiger charge is -2.25. The predicted molar refractivity (Wildman–Crippen MR) is 100 cm³/mol. The van der Waals surface area contributed by atoms with Gasteiger partial charge in [-0.3, -0.25) is 4.79 Å². The third-order valence-electron chi connectivity index (χ3n) is 3.69. The van der Waals surface area contributed by atoms with Gasteiger partial charge in [-0.25, -0.2) is 9.78 Å². The smallest absolute Gasteiger partial charge is 0.329 e. The number of carbonyl (C=O) groups is 2. The average Bonchev–Trinajstić information content (AvgIpc) is 2.95. The molecule has 8 heteroatoms. The van der Waals surface area contributed by atoms with E-state index < -0.39 is 11.5 Å². The molecule has 1 atom stereocenters. The summed E-state index contributed by atoms with van der Waals surface area (Å²) in [5.74, 6) is -1.42. The molecule has 0 aliphatic carbocycles. The number of hydrogen-bond donors (Lipinski definition) is 2. The van der Waals surface area contributed by atoms with Crippen molar-refractivity contribution in [2.75, 3.05) is 0 Å². The van der Waals surface area contributed by atoms with Crippen LogP contribution in [0.3, 0.4) is 0 Å². The Balaban J connectivity index is 2.10. The van der Waals surface area contributed by atoms with Crippen LogP contribution in [-0.2, 0) is 16.0 Å². The molecule has 2 rings (SSSR count). The largest absolute Gasteiger partial charge is 0.480 e. The number of nitrogens with zero attached hydrogens (tertiary/aromatic N) is 1. The molecule has 1 amide bonds. The van der Waals surface area contributed by atoms with Crippen molar-refractivity contribution < 1.29 is 14.7 Å². The number of thiazole rings is 1. The molecule has 25 heavy (non-hydrogen) atoms. The van der Waals surface area contributed by atoms with E-state index in [1.807, 2.05) is 6.92 Å². The molecular weight excluding hydrogens is 383 g/mol. The molecule has 0 aliphatic heterocycles. The molecule has 0 radical (unpaired) electrons. The molecule has 2 N–H and O–H groups in total. The Morgan fingerprint density at radius 3 is 2.68 bits per heavy atom. The van der Waals surface area contributed by atoms with Gasteiger partial charge < -0.3 is 10.4 Å². The lowest BCUT2D eigenvalue weighted by molar-refractivity contribution is -0.147. The van der Waals surface area contributed by atoms with Crippen molar-refractivity contribution in [3.05, 3.63) is 39.3 Å². The molecule has 0 fully saturated rings. The van der Waals surface area contributed by atoms with Crippen LogP contribution in [-0.4, -0.2) is 27.5 Å². The fourth-order valence-electron chi connectivity index (χ4n) is 2.41. The van der Waals surface area contributed by atoms with E-state index in [4.69, 9.17) is 23.2 Å². The number of nitrogens with one attached hydrogen (secondary N) is 1. The number of carbonyl (C=O) groups excluding carboxylic acids is 1. The third-order valence-corrected chi connectivity index (χ3v) is 5.16. The van der Waals surface area contributed by atoms with Crippen molar-refractivity contribution in [1.82, 2.24) is 10.3 Å². The van der Waals surface area contributed by atoms with E-state index in [0.717, 1.165) is 5.56 Å². The van der Waals surface area contributed by atoms with E-state index in [1.54, 1.807) is 23.6 Å². The van der Waals surface area contributed by atoms with Gasteiger partial charge in [0.1, 0.15) is 10.5 Å². The highest BCUT2D eigenvalue weighted by atomic mass is 35.5. The van der Waals surface area contributed by atoms with E-state index in [0.29, 0.717) is 33.6 Å². The van der Waals surface area contributed by atoms with Gasteiger partial charge in [0.05, 0.1) is 17.1 Å². The molecular formula is C17H18Cl2N2O3S. The maximum absolute atomic E-state index is 12.2.